The summed E-state index contributed by atoms with van der Waals surface area (Å²) in [4.78, 5) is 0. The molecule has 0 bridgehead atoms. The third-order valence-electron chi connectivity index (χ3n) is 6.06. The lowest BCUT2D eigenvalue weighted by atomic mass is 9.77. The molecule has 3 rings (SSSR count). The van der Waals surface area contributed by atoms with Gasteiger partial charge in [-0.05, 0) is 98.4 Å². The second kappa shape index (κ2) is 6.37. The van der Waals surface area contributed by atoms with Gasteiger partial charge in [0.15, 0.2) is 0 Å². The molecule has 1 nitrogen and oxygen atoms in total. The summed E-state index contributed by atoms with van der Waals surface area (Å²) in [5.41, 5.74) is 11.2. The topological polar surface area (TPSA) is 9.23 Å². The lowest BCUT2D eigenvalue weighted by Crippen LogP contribution is -2.31. The van der Waals surface area contributed by atoms with Gasteiger partial charge in [-0.25, -0.2) is 0 Å². The van der Waals surface area contributed by atoms with Crippen LogP contribution in [0.4, 0.5) is 0 Å². The summed E-state index contributed by atoms with van der Waals surface area (Å²) >= 11 is 0. The molecule has 2 aromatic carbocycles. The summed E-state index contributed by atoms with van der Waals surface area (Å²) in [6.45, 7) is 14.2. The smallest absolute Gasteiger partial charge is 0.116 e. The van der Waals surface area contributed by atoms with E-state index in [0.717, 1.165) is 25.9 Å². The molecular formula is C23H30O. The van der Waals surface area contributed by atoms with Crippen LogP contribution >= 0.6 is 0 Å². The van der Waals surface area contributed by atoms with E-state index in [-0.39, 0.29) is 5.60 Å². The van der Waals surface area contributed by atoms with Gasteiger partial charge < -0.3 is 4.74 Å². The second-order valence-electron chi connectivity index (χ2n) is 7.18. The van der Waals surface area contributed by atoms with Crippen molar-refractivity contribution >= 4 is 0 Å². The van der Waals surface area contributed by atoms with Crippen molar-refractivity contribution in [3.63, 3.8) is 0 Å². The molecule has 0 saturated carbocycles. The minimum Gasteiger partial charge on any atom is -0.366 e. The van der Waals surface area contributed by atoms with E-state index in [4.69, 9.17) is 4.74 Å². The Balaban J connectivity index is 2.41. The van der Waals surface area contributed by atoms with Crippen LogP contribution in [0.3, 0.4) is 0 Å². The number of fused-ring (bicyclic) bond motifs is 2. The van der Waals surface area contributed by atoms with Gasteiger partial charge in [-0.2, -0.15) is 0 Å². The Morgan fingerprint density at radius 1 is 0.958 bits per heavy atom. The Morgan fingerprint density at radius 2 is 1.67 bits per heavy atom. The molecule has 1 aliphatic carbocycles. The molecule has 0 aliphatic heterocycles. The molecule has 0 fully saturated rings. The van der Waals surface area contributed by atoms with E-state index in [1.807, 2.05) is 0 Å². The lowest BCUT2D eigenvalue weighted by Gasteiger charge is -2.35. The maximum Gasteiger partial charge on any atom is 0.116 e. The highest BCUT2D eigenvalue weighted by Gasteiger charge is 2.38. The van der Waals surface area contributed by atoms with Crippen LogP contribution in [0.15, 0.2) is 24.3 Å². The van der Waals surface area contributed by atoms with Gasteiger partial charge in [-0.1, -0.05) is 31.2 Å². The molecule has 1 aliphatic rings. The van der Waals surface area contributed by atoms with E-state index in [1.54, 1.807) is 0 Å². The van der Waals surface area contributed by atoms with E-state index in [0.29, 0.717) is 0 Å². The van der Waals surface area contributed by atoms with Gasteiger partial charge >= 0.3 is 0 Å². The number of benzene rings is 2. The lowest BCUT2D eigenvalue weighted by molar-refractivity contribution is 0.00305. The van der Waals surface area contributed by atoms with Gasteiger partial charge in [0.25, 0.3) is 0 Å². The molecule has 2 aromatic rings. The Bertz CT molecular complexity index is 772. The summed E-state index contributed by atoms with van der Waals surface area (Å²) in [5, 5.41) is 0. The molecule has 0 heterocycles. The van der Waals surface area contributed by atoms with Crippen LogP contribution in [0.25, 0.3) is 0 Å². The summed E-state index contributed by atoms with van der Waals surface area (Å²) in [5.74, 6) is 0. The molecule has 0 saturated heterocycles. The number of aryl methyl sites for hydroxylation is 1. The highest BCUT2D eigenvalue weighted by molar-refractivity contribution is 5.58. The molecule has 0 radical (unpaired) electrons. The summed E-state index contributed by atoms with van der Waals surface area (Å²) in [7, 11) is 0. The van der Waals surface area contributed by atoms with Gasteiger partial charge in [0.2, 0.25) is 0 Å². The van der Waals surface area contributed by atoms with Crippen molar-refractivity contribution in [2.45, 2.75) is 66.4 Å². The minimum atomic E-state index is -0.357. The van der Waals surface area contributed by atoms with Crippen LogP contribution in [0.2, 0.25) is 0 Å². The maximum absolute atomic E-state index is 6.48. The Labute approximate surface area is 147 Å². The molecule has 1 heteroatoms. The highest BCUT2D eigenvalue weighted by Crippen LogP contribution is 2.44. The molecule has 1 atom stereocenters. The van der Waals surface area contributed by atoms with E-state index < -0.39 is 0 Å². The molecular weight excluding hydrogens is 292 g/mol. The molecule has 0 aromatic heterocycles. The van der Waals surface area contributed by atoms with Gasteiger partial charge in [0.1, 0.15) is 5.60 Å². The fraction of sp³-hybridized carbons (Fsp3) is 0.478. The summed E-state index contributed by atoms with van der Waals surface area (Å²) < 4.78 is 6.48. The van der Waals surface area contributed by atoms with Crippen molar-refractivity contribution in [3.05, 3.63) is 68.8 Å². The van der Waals surface area contributed by atoms with Crippen LogP contribution < -0.4 is 0 Å². The van der Waals surface area contributed by atoms with Crippen LogP contribution in [0.1, 0.15) is 65.3 Å². The van der Waals surface area contributed by atoms with Crippen LogP contribution in [0.5, 0.6) is 0 Å². The summed E-state index contributed by atoms with van der Waals surface area (Å²) in [6, 6.07) is 8.85. The second-order valence-corrected chi connectivity index (χ2v) is 7.18. The molecule has 0 N–H and O–H groups in total. The zero-order valence-corrected chi connectivity index (χ0v) is 16.0. The first-order valence-electron chi connectivity index (χ1n) is 9.30. The van der Waals surface area contributed by atoms with Crippen molar-refractivity contribution in [1.82, 2.24) is 0 Å². The van der Waals surface area contributed by atoms with Crippen LogP contribution in [-0.2, 0) is 29.6 Å². The van der Waals surface area contributed by atoms with E-state index in [1.165, 1.54) is 44.5 Å². The quantitative estimate of drug-likeness (QED) is 0.717. The zero-order valence-electron chi connectivity index (χ0n) is 16.0. The minimum absolute atomic E-state index is 0.357. The first-order valence-corrected chi connectivity index (χ1v) is 9.30. The van der Waals surface area contributed by atoms with Crippen LogP contribution in [0, 0.1) is 20.8 Å². The number of ether oxygens (including phenoxy) is 1. The van der Waals surface area contributed by atoms with Crippen LogP contribution in [-0.4, -0.2) is 6.61 Å². The third kappa shape index (κ3) is 2.41. The average molecular weight is 322 g/mol. The maximum atomic E-state index is 6.48. The fourth-order valence-electron chi connectivity index (χ4n) is 4.74. The fourth-order valence-corrected chi connectivity index (χ4v) is 4.74. The first-order chi connectivity index (χ1) is 11.5. The molecule has 1 unspecified atom stereocenters. The number of hydrogen-bond acceptors (Lipinski definition) is 1. The van der Waals surface area contributed by atoms with E-state index in [9.17, 15) is 0 Å². The van der Waals surface area contributed by atoms with Crippen molar-refractivity contribution < 1.29 is 4.74 Å². The average Bonchev–Trinajstić information content (AvgIpc) is 2.70. The molecule has 24 heavy (non-hydrogen) atoms. The number of rotatable bonds is 3. The van der Waals surface area contributed by atoms with Crippen molar-refractivity contribution in [1.29, 1.82) is 0 Å². The molecule has 0 spiro atoms. The SMILES string of the molecule is CCOC1(C)c2ccccc2CCc2c(CC)c(C)c(C)c(C)c21. The Hall–Kier alpha value is -1.60. The van der Waals surface area contributed by atoms with Gasteiger partial charge in [-0.15, -0.1) is 0 Å². The third-order valence-corrected chi connectivity index (χ3v) is 6.06. The van der Waals surface area contributed by atoms with Crippen molar-refractivity contribution in [2.24, 2.45) is 0 Å². The highest BCUT2D eigenvalue weighted by atomic mass is 16.5. The molecule has 0 amide bonds. The van der Waals surface area contributed by atoms with E-state index >= 15 is 0 Å². The largest absolute Gasteiger partial charge is 0.366 e. The number of hydrogen-bond donors (Lipinski definition) is 0. The standard InChI is InChI=1S/C23H30O/c1-7-19-16(4)15(3)17(5)22-20(19)14-13-18-11-9-10-12-21(18)23(22,6)24-8-2/h9-12H,7-8,13-14H2,1-6H3. The zero-order chi connectivity index (χ0) is 17.5. The predicted octanol–water partition coefficient (Wildman–Crippen LogP) is 5.57. The van der Waals surface area contributed by atoms with Crippen molar-refractivity contribution in [2.75, 3.05) is 6.61 Å². The van der Waals surface area contributed by atoms with Gasteiger partial charge in [0.05, 0.1) is 0 Å². The molecule has 128 valence electrons. The van der Waals surface area contributed by atoms with Gasteiger partial charge in [-0.3, -0.25) is 0 Å². The predicted molar refractivity (Wildman–Crippen MR) is 102 cm³/mol. The summed E-state index contributed by atoms with van der Waals surface area (Å²) in [6.07, 6.45) is 3.30. The first kappa shape index (κ1) is 17.2. The van der Waals surface area contributed by atoms with E-state index in [2.05, 4.69) is 65.8 Å². The Morgan fingerprint density at radius 3 is 2.33 bits per heavy atom. The monoisotopic (exact) mass is 322 g/mol. The Kier molecular flexibility index (Phi) is 4.57. The normalized spacial score (nSPS) is 19.6. The van der Waals surface area contributed by atoms with Crippen molar-refractivity contribution in [3.8, 4) is 0 Å². The van der Waals surface area contributed by atoms with Gasteiger partial charge in [0, 0.05) is 6.61 Å².